The summed E-state index contributed by atoms with van der Waals surface area (Å²) in [5, 5.41) is 58.1. The van der Waals surface area contributed by atoms with E-state index >= 15 is 0 Å². The number of aryl methyl sites for hydroxylation is 3. The molecule has 2 heterocycles. The molecule has 0 unspecified atom stereocenters. The largest absolute Gasteiger partial charge is 0.495 e. The van der Waals surface area contributed by atoms with E-state index in [-0.39, 0.29) is 93.7 Å². The molecule has 0 fully saturated rings. The van der Waals surface area contributed by atoms with Gasteiger partial charge in [0.1, 0.15) is 33.7 Å². The van der Waals surface area contributed by atoms with Crippen molar-refractivity contribution in [3.05, 3.63) is 106 Å². The third-order valence-corrected chi connectivity index (χ3v) is 17.6. The van der Waals surface area contributed by atoms with Crippen molar-refractivity contribution in [2.75, 3.05) is 42.5 Å². The maximum absolute atomic E-state index is 12.3. The second-order valence-corrected chi connectivity index (χ2v) is 26.9. The number of thioether (sulfide) groups is 2. The molecule has 7 aromatic rings. The molecule has 0 amide bonds. The fourth-order valence-corrected chi connectivity index (χ4v) is 12.3. The Morgan fingerprint density at radius 2 is 1.10 bits per heavy atom. The Morgan fingerprint density at radius 1 is 0.614 bits per heavy atom. The van der Waals surface area contributed by atoms with E-state index in [4.69, 9.17) is 21.1 Å². The van der Waals surface area contributed by atoms with Crippen LogP contribution in [0.5, 0.6) is 17.4 Å². The third kappa shape index (κ3) is 17.1. The first-order valence-electron chi connectivity index (χ1n) is 24.3. The molecule has 0 aliphatic rings. The smallest absolute Gasteiger partial charge is 0.298 e. The lowest BCUT2D eigenvalue weighted by atomic mass is 10.1. The number of imidazole rings is 1. The minimum atomic E-state index is -4.86. The predicted octanol–water partition coefficient (Wildman–Crippen LogP) is 13.3. The van der Waals surface area contributed by atoms with Crippen molar-refractivity contribution in [1.29, 1.82) is 5.26 Å². The molecule has 83 heavy (non-hydrogen) atoms. The van der Waals surface area contributed by atoms with Crippen LogP contribution in [0, 0.1) is 39.0 Å². The number of halogens is 1. The van der Waals surface area contributed by atoms with E-state index in [1.807, 2.05) is 6.07 Å². The molecular weight excluding hydrogens is 1220 g/mol. The number of fused-ring (bicyclic) bond motifs is 3. The highest BCUT2D eigenvalue weighted by Crippen LogP contribution is 2.44. The summed E-state index contributed by atoms with van der Waals surface area (Å²) in [5.74, 6) is -2.09. The molecule has 0 saturated carbocycles. The van der Waals surface area contributed by atoms with Crippen LogP contribution in [-0.2, 0) is 40.5 Å². The molecule has 438 valence electrons. The van der Waals surface area contributed by atoms with Crippen LogP contribution in [0.15, 0.2) is 128 Å². The molecule has 5 aromatic carbocycles. The number of aromatic nitrogens is 2. The topological polar surface area (TPSA) is 396 Å². The van der Waals surface area contributed by atoms with Crippen LogP contribution < -0.4 is 9.47 Å². The van der Waals surface area contributed by atoms with E-state index in [1.54, 1.807) is 69.3 Å². The Hall–Kier alpha value is -7.03. The number of ether oxygens (including phenoxy) is 2. The zero-order chi connectivity index (χ0) is 60.6. The van der Waals surface area contributed by atoms with E-state index < -0.39 is 68.5 Å². The highest BCUT2D eigenvalue weighted by Gasteiger charge is 2.26. The van der Waals surface area contributed by atoms with Crippen molar-refractivity contribution in [3.8, 4) is 23.4 Å². The number of aromatic hydroxyl groups is 1. The monoisotopic (exact) mass is 1270 g/mol. The predicted molar refractivity (Wildman–Crippen MR) is 312 cm³/mol. The number of rotatable bonds is 25. The van der Waals surface area contributed by atoms with Crippen LogP contribution >= 0.6 is 35.1 Å². The average Bonchev–Trinajstić information content (AvgIpc) is 1.84. The number of nitrogens with zero attached hydrogens (tertiary/aromatic N) is 11. The van der Waals surface area contributed by atoms with Crippen molar-refractivity contribution in [2.45, 2.75) is 61.6 Å². The van der Waals surface area contributed by atoms with E-state index in [2.05, 4.69) is 45.9 Å². The zero-order valence-corrected chi connectivity index (χ0v) is 50.0. The normalized spacial score (nSPS) is 12.7. The van der Waals surface area contributed by atoms with E-state index in [1.165, 1.54) is 55.8 Å². The highest BCUT2D eigenvalue weighted by atomic mass is 35.5. The first kappa shape index (κ1) is 63.5. The van der Waals surface area contributed by atoms with Crippen LogP contribution in [0.3, 0.4) is 0 Å². The lowest BCUT2D eigenvalue weighted by Gasteiger charge is -2.12. The molecular formula is C50H50ClN11O15S6. The van der Waals surface area contributed by atoms with Gasteiger partial charge in [-0.1, -0.05) is 11.6 Å². The molecule has 26 nitrogen and oxygen atoms in total. The van der Waals surface area contributed by atoms with Gasteiger partial charge in [-0.25, -0.2) is 4.98 Å². The summed E-state index contributed by atoms with van der Waals surface area (Å²) < 4.78 is 144. The van der Waals surface area contributed by atoms with Crippen LogP contribution in [0.2, 0.25) is 5.02 Å². The Bertz CT molecular complexity index is 4310. The van der Waals surface area contributed by atoms with Crippen molar-refractivity contribution < 1.29 is 66.5 Å². The molecule has 0 aliphatic carbocycles. The van der Waals surface area contributed by atoms with Crippen LogP contribution in [0.25, 0.3) is 16.7 Å². The Balaban J connectivity index is 1.27. The molecule has 2 aromatic heterocycles. The van der Waals surface area contributed by atoms with Crippen molar-refractivity contribution in [3.63, 3.8) is 0 Å². The van der Waals surface area contributed by atoms with Crippen molar-refractivity contribution in [2.24, 2.45) is 40.9 Å². The Kier molecular flexibility index (Phi) is 20.4. The van der Waals surface area contributed by atoms with Crippen LogP contribution in [0.4, 0.5) is 45.5 Å². The summed E-state index contributed by atoms with van der Waals surface area (Å²) >= 11 is 8.48. The molecule has 0 bridgehead atoms. The Morgan fingerprint density at radius 3 is 1.60 bits per heavy atom. The van der Waals surface area contributed by atoms with E-state index in [0.717, 1.165) is 10.5 Å². The lowest BCUT2D eigenvalue weighted by molar-refractivity contribution is 0.317. The standard InChI is InChI=1S/C50H50ClN11O15S6/c1-28-19-39(58-61-48-31(4)34(27-52)49-53-38-23-44(76-5)47(83(73,74)75)26-42(38)62(49)50(48)63)43(77-13-6-16-80(64,65)66)22-35(28)56-59-40-21-30(3)37(25-46(40)79-15-8-18-82(70,71)72)57-60-41-20-29(2)36(55-54-33-11-9-32(51)10-12-33)24-45(41)78-14-7-17-81(67,68)69/h9-12,19-26,63H,6-8,13-18H2,1-5H3,(H,64,65,66)(H,67,68,69)(H,70,71,72)(H,73,74,75). The molecule has 5 N–H and O–H groups in total. The van der Waals surface area contributed by atoms with Gasteiger partial charge in [-0.05, 0) is 136 Å². The second kappa shape index (κ2) is 26.7. The van der Waals surface area contributed by atoms with Gasteiger partial charge in [0, 0.05) is 32.5 Å². The average molecular weight is 1270 g/mol. The molecule has 0 aliphatic heterocycles. The molecule has 0 atom stereocenters. The van der Waals surface area contributed by atoms with Crippen molar-refractivity contribution in [1.82, 2.24) is 9.38 Å². The molecule has 0 saturated heterocycles. The summed E-state index contributed by atoms with van der Waals surface area (Å²) in [6.07, 6.45) is -0.0112. The van der Waals surface area contributed by atoms with Gasteiger partial charge in [-0.3, -0.25) is 22.6 Å². The maximum Gasteiger partial charge on any atom is 0.298 e. The van der Waals surface area contributed by atoms with Gasteiger partial charge in [0.05, 0.1) is 76.1 Å². The number of azo groups is 4. The second-order valence-electron chi connectivity index (χ2n) is 18.1. The number of benzene rings is 5. The van der Waals surface area contributed by atoms with E-state index in [0.29, 0.717) is 59.9 Å². The first-order chi connectivity index (χ1) is 39.0. The van der Waals surface area contributed by atoms with Crippen LogP contribution in [-0.4, -0.2) is 109 Å². The molecule has 0 spiro atoms. The Labute approximate surface area is 489 Å². The fourth-order valence-electron chi connectivity index (χ4n) is 7.74. The summed E-state index contributed by atoms with van der Waals surface area (Å²) in [6.45, 7) is 6.37. The van der Waals surface area contributed by atoms with Gasteiger partial charge in [0.25, 0.3) is 40.5 Å². The summed E-state index contributed by atoms with van der Waals surface area (Å²) in [4.78, 5) is 4.80. The highest BCUT2D eigenvalue weighted by molar-refractivity contribution is 7.99. The van der Waals surface area contributed by atoms with Gasteiger partial charge in [-0.2, -0.15) is 59.4 Å². The number of hydrogen-bond donors (Lipinski definition) is 5. The van der Waals surface area contributed by atoms with Gasteiger partial charge in [0.15, 0.2) is 11.3 Å². The first-order valence-corrected chi connectivity index (χ1v) is 32.9. The summed E-state index contributed by atoms with van der Waals surface area (Å²) in [6, 6.07) is 20.7. The summed E-state index contributed by atoms with van der Waals surface area (Å²) in [5.41, 5.74) is 3.69. The third-order valence-electron chi connectivity index (χ3n) is 11.8. The number of methoxy groups -OCH3 is 1. The van der Waals surface area contributed by atoms with E-state index in [9.17, 15) is 62.3 Å². The summed E-state index contributed by atoms with van der Waals surface area (Å²) in [7, 11) is -16.6. The van der Waals surface area contributed by atoms with Crippen LogP contribution in [0.1, 0.15) is 47.1 Å². The minimum absolute atomic E-state index is 0.00654. The SMILES string of the molecule is COc1cc2nc3c(C#N)c(C)c(N=Nc4cc(C)c(N=Nc5cc(C)c(N=Nc6cc(C)c(N=Nc7ccc(Cl)cc7)cc6SCCCS(=O)(=O)O)cc5SCCCS(=O)(=O)O)cc4OCCCS(=O)(=O)O)c(O)n3c2cc1S(=O)(=O)O. The van der Waals surface area contributed by atoms with Gasteiger partial charge in [0.2, 0.25) is 5.88 Å². The maximum atomic E-state index is 12.3. The lowest BCUT2D eigenvalue weighted by Crippen LogP contribution is -2.08. The fraction of sp³-hybridized carbons (Fsp3) is 0.280. The zero-order valence-electron chi connectivity index (χ0n) is 44.4. The van der Waals surface area contributed by atoms with Gasteiger partial charge in [-0.15, -0.1) is 44.0 Å². The number of hydrogen-bond acceptors (Lipinski definition) is 23. The number of pyridine rings is 1. The van der Waals surface area contributed by atoms with Crippen molar-refractivity contribution >= 4 is 138 Å². The molecule has 33 heteroatoms. The quantitative estimate of drug-likeness (QED) is 0.0154. The van der Waals surface area contributed by atoms with Gasteiger partial charge >= 0.3 is 0 Å². The molecule has 7 rings (SSSR count). The number of nitriles is 1. The van der Waals surface area contributed by atoms with Gasteiger partial charge < -0.3 is 14.6 Å². The minimum Gasteiger partial charge on any atom is -0.495 e. The molecule has 0 radical (unpaired) electrons.